The molecule has 1 aliphatic rings. The Morgan fingerprint density at radius 1 is 1.29 bits per heavy atom. The maximum atomic E-state index is 12.2. The molecule has 1 heterocycles. The number of aryl methyl sites for hydroxylation is 1. The van der Waals surface area contributed by atoms with E-state index in [0.717, 1.165) is 36.1 Å². The fourth-order valence-corrected chi connectivity index (χ4v) is 4.34. The number of carbonyl (C=O) groups is 2. The van der Waals surface area contributed by atoms with Crippen LogP contribution in [0.4, 0.5) is 5.00 Å². The molecule has 1 aromatic heterocycles. The number of amides is 1. The largest absolute Gasteiger partial charge is 0.479 e. The molecular weight excluding hydrogens is 400 g/mol. The molecule has 0 radical (unpaired) electrons. The standard InChI is InChI=1S/C20H19ClN2O4S/c1-12(27-14-8-6-13(21)7-9-14)20(25)26-11-18(24)23-19-16(10-22)15-4-2-3-5-17(15)28-19/h6-9,12H,2-5,11H2,1H3,(H,23,24)/t12-/m1/s1. The van der Waals surface area contributed by atoms with Crippen LogP contribution in [0.3, 0.4) is 0 Å². The Kier molecular flexibility index (Phi) is 6.55. The van der Waals surface area contributed by atoms with Crippen molar-refractivity contribution < 1.29 is 19.1 Å². The summed E-state index contributed by atoms with van der Waals surface area (Å²) in [4.78, 5) is 25.4. The number of nitriles is 1. The lowest BCUT2D eigenvalue weighted by Gasteiger charge is -2.14. The number of benzene rings is 1. The van der Waals surface area contributed by atoms with Crippen LogP contribution in [0.1, 0.15) is 35.8 Å². The number of rotatable bonds is 6. The topological polar surface area (TPSA) is 88.4 Å². The van der Waals surface area contributed by atoms with E-state index in [1.54, 1.807) is 24.3 Å². The predicted molar refractivity (Wildman–Crippen MR) is 107 cm³/mol. The summed E-state index contributed by atoms with van der Waals surface area (Å²) in [5.41, 5.74) is 1.56. The molecule has 0 aliphatic heterocycles. The molecule has 1 atom stereocenters. The number of hydrogen-bond acceptors (Lipinski definition) is 6. The maximum absolute atomic E-state index is 12.2. The van der Waals surface area contributed by atoms with E-state index in [0.29, 0.717) is 21.3 Å². The minimum atomic E-state index is -0.877. The molecule has 0 fully saturated rings. The van der Waals surface area contributed by atoms with Crippen molar-refractivity contribution in [2.24, 2.45) is 0 Å². The van der Waals surface area contributed by atoms with Crippen LogP contribution in [0.25, 0.3) is 0 Å². The van der Waals surface area contributed by atoms with E-state index in [-0.39, 0.29) is 0 Å². The highest BCUT2D eigenvalue weighted by Gasteiger charge is 2.23. The number of fused-ring (bicyclic) bond motifs is 1. The molecule has 0 unspecified atom stereocenters. The summed E-state index contributed by atoms with van der Waals surface area (Å²) in [7, 11) is 0. The third-order valence-corrected chi connectivity index (χ3v) is 5.80. The zero-order valence-electron chi connectivity index (χ0n) is 15.3. The summed E-state index contributed by atoms with van der Waals surface area (Å²) in [5, 5.41) is 13.2. The molecular formula is C20H19ClN2O4S. The second-order valence-corrected chi connectivity index (χ2v) is 7.94. The SMILES string of the molecule is C[C@@H](Oc1ccc(Cl)cc1)C(=O)OCC(=O)Nc1sc2c(c1C#N)CCCC2. The molecule has 0 spiro atoms. The van der Waals surface area contributed by atoms with Crippen molar-refractivity contribution in [3.05, 3.63) is 45.3 Å². The second kappa shape index (κ2) is 9.09. The van der Waals surface area contributed by atoms with Gasteiger partial charge in [-0.1, -0.05) is 11.6 Å². The molecule has 8 heteroatoms. The van der Waals surface area contributed by atoms with Gasteiger partial charge in [-0.15, -0.1) is 11.3 Å². The minimum Gasteiger partial charge on any atom is -0.479 e. The van der Waals surface area contributed by atoms with Crippen LogP contribution in [0.15, 0.2) is 24.3 Å². The van der Waals surface area contributed by atoms with Crippen LogP contribution >= 0.6 is 22.9 Å². The number of halogens is 1. The number of thiophene rings is 1. The highest BCUT2D eigenvalue weighted by molar-refractivity contribution is 7.16. The van der Waals surface area contributed by atoms with Crippen molar-refractivity contribution in [3.63, 3.8) is 0 Å². The molecule has 1 aliphatic carbocycles. The van der Waals surface area contributed by atoms with Gasteiger partial charge in [0.05, 0.1) is 5.56 Å². The van der Waals surface area contributed by atoms with Crippen molar-refractivity contribution in [1.82, 2.24) is 0 Å². The number of nitrogens with one attached hydrogen (secondary N) is 1. The quantitative estimate of drug-likeness (QED) is 0.713. The van der Waals surface area contributed by atoms with Crippen molar-refractivity contribution in [2.75, 3.05) is 11.9 Å². The number of carbonyl (C=O) groups excluding carboxylic acids is 2. The van der Waals surface area contributed by atoms with E-state index in [2.05, 4.69) is 11.4 Å². The molecule has 6 nitrogen and oxygen atoms in total. The highest BCUT2D eigenvalue weighted by atomic mass is 35.5. The van der Waals surface area contributed by atoms with Crippen LogP contribution in [0.2, 0.25) is 5.02 Å². The lowest BCUT2D eigenvalue weighted by molar-refractivity contribution is -0.153. The van der Waals surface area contributed by atoms with Gasteiger partial charge in [0.15, 0.2) is 12.7 Å². The van der Waals surface area contributed by atoms with E-state index in [4.69, 9.17) is 21.1 Å². The average molecular weight is 419 g/mol. The molecule has 0 saturated heterocycles. The number of anilines is 1. The first kappa shape index (κ1) is 20.2. The van der Waals surface area contributed by atoms with Gasteiger partial charge in [-0.05, 0) is 62.4 Å². The first-order valence-corrected chi connectivity index (χ1v) is 10.1. The number of hydrogen-bond donors (Lipinski definition) is 1. The van der Waals surface area contributed by atoms with Crippen LogP contribution in [-0.4, -0.2) is 24.6 Å². The summed E-state index contributed by atoms with van der Waals surface area (Å²) in [5.74, 6) is -0.667. The monoisotopic (exact) mass is 418 g/mol. The number of esters is 1. The lowest BCUT2D eigenvalue weighted by atomic mass is 9.96. The molecule has 2 aromatic rings. The Balaban J connectivity index is 1.53. The van der Waals surface area contributed by atoms with E-state index < -0.39 is 24.6 Å². The van der Waals surface area contributed by atoms with Crippen molar-refractivity contribution in [3.8, 4) is 11.8 Å². The van der Waals surface area contributed by atoms with E-state index in [1.807, 2.05) is 0 Å². The van der Waals surface area contributed by atoms with Crippen LogP contribution in [0, 0.1) is 11.3 Å². The molecule has 1 N–H and O–H groups in total. The summed E-state index contributed by atoms with van der Waals surface area (Å²) >= 11 is 7.23. The van der Waals surface area contributed by atoms with Gasteiger partial charge in [-0.3, -0.25) is 4.79 Å². The third kappa shape index (κ3) is 4.83. The summed E-state index contributed by atoms with van der Waals surface area (Å²) in [6.07, 6.45) is 3.06. The summed E-state index contributed by atoms with van der Waals surface area (Å²) in [6, 6.07) is 8.76. The van der Waals surface area contributed by atoms with E-state index in [9.17, 15) is 14.9 Å². The van der Waals surface area contributed by atoms with Gasteiger partial charge in [0, 0.05) is 9.90 Å². The van der Waals surface area contributed by atoms with Crippen LogP contribution in [0.5, 0.6) is 5.75 Å². The van der Waals surface area contributed by atoms with Crippen LogP contribution < -0.4 is 10.1 Å². The van der Waals surface area contributed by atoms with Gasteiger partial charge in [0.1, 0.15) is 16.8 Å². The molecule has 146 valence electrons. The number of nitrogens with zero attached hydrogens (tertiary/aromatic N) is 1. The molecule has 1 amide bonds. The zero-order chi connectivity index (χ0) is 20.1. The predicted octanol–water partition coefficient (Wildman–Crippen LogP) is 4.10. The molecule has 0 bridgehead atoms. The summed E-state index contributed by atoms with van der Waals surface area (Å²) < 4.78 is 10.5. The van der Waals surface area contributed by atoms with Crippen molar-refractivity contribution in [2.45, 2.75) is 38.7 Å². The fraction of sp³-hybridized carbons (Fsp3) is 0.350. The smallest absolute Gasteiger partial charge is 0.347 e. The van der Waals surface area contributed by atoms with Crippen molar-refractivity contribution >= 4 is 39.8 Å². The Hall–Kier alpha value is -2.56. The molecule has 1 aromatic carbocycles. The fourth-order valence-electron chi connectivity index (χ4n) is 2.95. The Bertz CT molecular complexity index is 918. The number of ether oxygens (including phenoxy) is 2. The van der Waals surface area contributed by atoms with Crippen LogP contribution in [-0.2, 0) is 27.2 Å². The average Bonchev–Trinajstić information content (AvgIpc) is 3.04. The Morgan fingerprint density at radius 2 is 2.00 bits per heavy atom. The highest BCUT2D eigenvalue weighted by Crippen LogP contribution is 2.37. The van der Waals surface area contributed by atoms with Gasteiger partial charge >= 0.3 is 5.97 Å². The Morgan fingerprint density at radius 3 is 2.71 bits per heavy atom. The first-order valence-electron chi connectivity index (χ1n) is 8.91. The van der Waals surface area contributed by atoms with Gasteiger partial charge in [-0.25, -0.2) is 4.79 Å². The second-order valence-electron chi connectivity index (χ2n) is 6.40. The van der Waals surface area contributed by atoms with E-state index in [1.165, 1.54) is 18.3 Å². The first-order chi connectivity index (χ1) is 13.5. The van der Waals surface area contributed by atoms with Gasteiger partial charge in [-0.2, -0.15) is 5.26 Å². The summed E-state index contributed by atoms with van der Waals surface area (Å²) in [6.45, 7) is 1.09. The van der Waals surface area contributed by atoms with Gasteiger partial charge < -0.3 is 14.8 Å². The molecule has 3 rings (SSSR count). The zero-order valence-corrected chi connectivity index (χ0v) is 16.9. The molecule has 28 heavy (non-hydrogen) atoms. The van der Waals surface area contributed by atoms with Gasteiger partial charge in [0.2, 0.25) is 0 Å². The molecule has 0 saturated carbocycles. The Labute approximate surface area is 172 Å². The van der Waals surface area contributed by atoms with Gasteiger partial charge in [0.25, 0.3) is 5.91 Å². The minimum absolute atomic E-state index is 0.444. The third-order valence-electron chi connectivity index (χ3n) is 4.34. The maximum Gasteiger partial charge on any atom is 0.347 e. The van der Waals surface area contributed by atoms with Crippen molar-refractivity contribution in [1.29, 1.82) is 5.26 Å². The normalized spacial score (nSPS) is 13.8. The lowest BCUT2D eigenvalue weighted by Crippen LogP contribution is -2.29. The van der Waals surface area contributed by atoms with E-state index >= 15 is 0 Å².